The molecule has 2 atom stereocenters. The Hall–Kier alpha value is -5.14. The largest absolute Gasteiger partial charge is 0.336 e. The van der Waals surface area contributed by atoms with Crippen LogP contribution in [-0.4, -0.2) is 94.7 Å². The molecule has 4 aliphatic rings. The summed E-state index contributed by atoms with van der Waals surface area (Å²) in [5, 5.41) is 19.4. The van der Waals surface area contributed by atoms with E-state index in [1.165, 1.54) is 33.8 Å². The summed E-state index contributed by atoms with van der Waals surface area (Å²) in [6.45, 7) is 5.69. The topological polar surface area (TPSA) is 161 Å². The fraction of sp³-hybridized carbons (Fsp3) is 0.348. The minimum Gasteiger partial charge on any atom is -0.336 e. The van der Waals surface area contributed by atoms with Gasteiger partial charge in [-0.2, -0.15) is 0 Å². The van der Waals surface area contributed by atoms with Gasteiger partial charge in [-0.05, 0) is 97.4 Å². The van der Waals surface area contributed by atoms with Crippen LogP contribution in [0.15, 0.2) is 85.2 Å². The second-order valence-electron chi connectivity index (χ2n) is 16.5. The van der Waals surface area contributed by atoms with E-state index in [1.54, 1.807) is 34.8 Å². The van der Waals surface area contributed by atoms with Gasteiger partial charge in [0.15, 0.2) is 0 Å². The molecule has 10 rings (SSSR count). The van der Waals surface area contributed by atoms with Crippen molar-refractivity contribution >= 4 is 79.0 Å². The van der Waals surface area contributed by atoms with Crippen LogP contribution >= 0.6 is 45.3 Å². The minimum absolute atomic E-state index is 0.00419. The van der Waals surface area contributed by atoms with Crippen molar-refractivity contribution in [2.45, 2.75) is 62.7 Å². The quantitative estimate of drug-likeness (QED) is 0.0762. The Morgan fingerprint density at radius 3 is 1.49 bits per heavy atom. The first-order valence-electron chi connectivity index (χ1n) is 21.5. The molecule has 0 bridgehead atoms. The molecular weight excluding hydrogens is 871 g/mol. The highest BCUT2D eigenvalue weighted by Gasteiger charge is 2.36. The molecule has 324 valence electrons. The number of hydrogen-bond acceptors (Lipinski definition) is 13. The molecule has 4 aromatic heterocycles. The summed E-state index contributed by atoms with van der Waals surface area (Å²) in [6, 6.07) is 24.0. The molecule has 17 heteroatoms. The standard InChI is InChI=1S/C46H47N9O4S4/c56-41(33-9-3-15-48-33)52-39-13-11-35(60-39)45(58)54-23-31(24-54)43-50-21-37(62-43)29-7-1-5-27(17-29)19-47-20-28-6-2-8-30(18-28)38-22-51-44(63-38)32-25-55(26-32)46(59)36-12-14-40(61-36)53-42(57)34-10-4-16-49-34/h1-2,5-8,11-14,17-18,21-22,31-34,47-49H,3-4,9-10,15-16,19-20,23-26H2,(H,52,56)(H,53,57)/t33-,34?/m0/s1. The van der Waals surface area contributed by atoms with Gasteiger partial charge in [0.2, 0.25) is 11.8 Å². The summed E-state index contributed by atoms with van der Waals surface area (Å²) in [4.78, 5) is 68.1. The van der Waals surface area contributed by atoms with E-state index in [4.69, 9.17) is 9.97 Å². The van der Waals surface area contributed by atoms with Crippen LogP contribution < -0.4 is 26.6 Å². The van der Waals surface area contributed by atoms with E-state index >= 15 is 0 Å². The van der Waals surface area contributed by atoms with Crippen molar-refractivity contribution in [3.63, 3.8) is 0 Å². The van der Waals surface area contributed by atoms with Gasteiger partial charge in [-0.15, -0.1) is 45.3 Å². The molecule has 0 spiro atoms. The lowest BCUT2D eigenvalue weighted by atomic mass is 10.0. The SMILES string of the molecule is O=C(Nc1ccc(C(=O)N2CC(c3ncc(-c4cccc(CNCc5cccc(-c6cnc(C7CN(C(=O)c8ccc(NC(=O)[C@@H]9CCCN9)s8)C7)s6)c5)c4)s3)C2)s1)C1CCCN1. The molecule has 4 fully saturated rings. The average molecular weight is 918 g/mol. The number of hydrogen-bond donors (Lipinski definition) is 5. The molecule has 5 N–H and O–H groups in total. The summed E-state index contributed by atoms with van der Waals surface area (Å²) in [6.07, 6.45) is 7.57. The van der Waals surface area contributed by atoms with Crippen LogP contribution in [-0.2, 0) is 22.7 Å². The highest BCUT2D eigenvalue weighted by Crippen LogP contribution is 2.38. The maximum absolute atomic E-state index is 13.2. The normalized spacial score (nSPS) is 18.9. The number of aromatic nitrogens is 2. The summed E-state index contributed by atoms with van der Waals surface area (Å²) in [5.41, 5.74) is 4.64. The number of nitrogens with one attached hydrogen (secondary N) is 5. The van der Waals surface area contributed by atoms with Crippen LogP contribution in [0.4, 0.5) is 10.0 Å². The zero-order valence-electron chi connectivity index (χ0n) is 34.4. The van der Waals surface area contributed by atoms with E-state index < -0.39 is 0 Å². The first-order chi connectivity index (χ1) is 30.8. The van der Waals surface area contributed by atoms with Gasteiger partial charge in [-0.1, -0.05) is 36.4 Å². The Bertz CT molecular complexity index is 2450. The summed E-state index contributed by atoms with van der Waals surface area (Å²) in [5.74, 6) is 0.343. The van der Waals surface area contributed by atoms with E-state index in [1.807, 2.05) is 34.3 Å². The van der Waals surface area contributed by atoms with Gasteiger partial charge in [0.05, 0.1) is 51.6 Å². The Morgan fingerprint density at radius 2 is 1.06 bits per heavy atom. The average Bonchev–Trinajstić information content (AvgIpc) is 4.12. The van der Waals surface area contributed by atoms with E-state index in [0.717, 1.165) is 82.8 Å². The Balaban J connectivity index is 0.673. The highest BCUT2D eigenvalue weighted by atomic mass is 32.1. The van der Waals surface area contributed by atoms with Crippen LogP contribution in [0.5, 0.6) is 0 Å². The van der Waals surface area contributed by atoms with Crippen LogP contribution in [0.25, 0.3) is 20.9 Å². The lowest BCUT2D eigenvalue weighted by molar-refractivity contribution is -0.118. The number of benzene rings is 2. The van der Waals surface area contributed by atoms with Crippen LogP contribution in [0.2, 0.25) is 0 Å². The number of amides is 4. The molecule has 0 aliphatic carbocycles. The highest BCUT2D eigenvalue weighted by molar-refractivity contribution is 7.18. The van der Waals surface area contributed by atoms with E-state index in [9.17, 15) is 19.2 Å². The summed E-state index contributed by atoms with van der Waals surface area (Å²) < 4.78 is 0. The first-order valence-corrected chi connectivity index (χ1v) is 24.7. The minimum atomic E-state index is -0.158. The maximum Gasteiger partial charge on any atom is 0.264 e. The third-order valence-corrected chi connectivity index (χ3v) is 16.4. The Morgan fingerprint density at radius 1 is 0.603 bits per heavy atom. The zero-order chi connectivity index (χ0) is 42.9. The fourth-order valence-electron chi connectivity index (χ4n) is 8.43. The van der Waals surface area contributed by atoms with Crippen molar-refractivity contribution in [2.24, 2.45) is 0 Å². The third kappa shape index (κ3) is 9.41. The first kappa shape index (κ1) is 41.8. The number of anilines is 2. The molecule has 6 aromatic rings. The molecular formula is C46H47N9O4S4. The van der Waals surface area contributed by atoms with Gasteiger partial charge in [0.25, 0.3) is 11.8 Å². The number of carbonyl (C=O) groups excluding carboxylic acids is 4. The Kier molecular flexibility index (Phi) is 12.3. The van der Waals surface area contributed by atoms with E-state index in [-0.39, 0.29) is 47.5 Å². The Labute approximate surface area is 381 Å². The van der Waals surface area contributed by atoms with Gasteiger partial charge in [0, 0.05) is 63.5 Å². The smallest absolute Gasteiger partial charge is 0.264 e. The van der Waals surface area contributed by atoms with Gasteiger partial charge in [-0.25, -0.2) is 9.97 Å². The molecule has 4 amide bonds. The van der Waals surface area contributed by atoms with Crippen LogP contribution in [0, 0.1) is 0 Å². The van der Waals surface area contributed by atoms with Crippen LogP contribution in [0.1, 0.15) is 78.0 Å². The van der Waals surface area contributed by atoms with Crippen molar-refractivity contribution in [2.75, 3.05) is 49.9 Å². The fourth-order valence-corrected chi connectivity index (χ4v) is 12.2. The molecule has 1 unspecified atom stereocenters. The molecule has 4 saturated heterocycles. The molecule has 2 aromatic carbocycles. The lowest BCUT2D eigenvalue weighted by Crippen LogP contribution is -2.48. The van der Waals surface area contributed by atoms with Crippen molar-refractivity contribution in [1.29, 1.82) is 0 Å². The number of thiophene rings is 2. The molecule has 0 saturated carbocycles. The molecule has 13 nitrogen and oxygen atoms in total. The molecule has 0 radical (unpaired) electrons. The van der Waals surface area contributed by atoms with Crippen molar-refractivity contribution in [3.8, 4) is 20.9 Å². The van der Waals surface area contributed by atoms with Gasteiger partial charge in [-0.3, -0.25) is 19.2 Å². The summed E-state index contributed by atoms with van der Waals surface area (Å²) in [7, 11) is 0. The number of carbonyl (C=O) groups is 4. The van der Waals surface area contributed by atoms with Crippen molar-refractivity contribution in [3.05, 3.63) is 116 Å². The predicted octanol–water partition coefficient (Wildman–Crippen LogP) is 7.21. The van der Waals surface area contributed by atoms with E-state index in [0.29, 0.717) is 45.9 Å². The van der Waals surface area contributed by atoms with Crippen molar-refractivity contribution in [1.82, 2.24) is 35.7 Å². The lowest BCUT2D eigenvalue weighted by Gasteiger charge is -2.37. The molecule has 4 aliphatic heterocycles. The van der Waals surface area contributed by atoms with Gasteiger partial charge < -0.3 is 36.4 Å². The maximum atomic E-state index is 13.2. The van der Waals surface area contributed by atoms with Gasteiger partial charge >= 0.3 is 0 Å². The molecule has 8 heterocycles. The third-order valence-electron chi connectivity index (χ3n) is 12.0. The number of nitrogens with zero attached hydrogens (tertiary/aromatic N) is 4. The second kappa shape index (κ2) is 18.5. The zero-order valence-corrected chi connectivity index (χ0v) is 37.7. The van der Waals surface area contributed by atoms with E-state index in [2.05, 4.69) is 75.1 Å². The predicted molar refractivity (Wildman–Crippen MR) is 251 cm³/mol. The molecule has 63 heavy (non-hydrogen) atoms. The second-order valence-corrected chi connectivity index (χ2v) is 20.8. The van der Waals surface area contributed by atoms with Crippen LogP contribution in [0.3, 0.4) is 0 Å². The number of thiazole rings is 2. The summed E-state index contributed by atoms with van der Waals surface area (Å²) >= 11 is 6.04. The monoisotopic (exact) mass is 917 g/mol. The number of rotatable bonds is 14. The van der Waals surface area contributed by atoms with Crippen molar-refractivity contribution < 1.29 is 19.2 Å². The van der Waals surface area contributed by atoms with Gasteiger partial charge in [0.1, 0.15) is 0 Å². The number of likely N-dealkylation sites (tertiary alicyclic amines) is 2.